The van der Waals surface area contributed by atoms with Gasteiger partial charge in [-0.25, -0.2) is 14.4 Å². The SMILES string of the molecule is C=C(C)C(=O)OCC(COC(=O)CCC(=O)OC)(COC(=O)CCC(=O)OC)COc1ccc(-c2cc(OC(=O)C(=C)C)c(C3CCC(CCCCC)CC3)cc2OC(=O)C(=C)C)cc1. The van der Waals surface area contributed by atoms with Crippen LogP contribution in [0.2, 0.25) is 0 Å². The maximum atomic E-state index is 13.0. The molecule has 1 aliphatic carbocycles. The molecule has 0 N–H and O–H groups in total. The fourth-order valence-electron chi connectivity index (χ4n) is 6.90. The Morgan fingerprint density at radius 1 is 0.600 bits per heavy atom. The molecule has 0 aromatic heterocycles. The third kappa shape index (κ3) is 17.7. The monoisotopic (exact) mass is 904 g/mol. The van der Waals surface area contributed by atoms with Crippen LogP contribution in [0.5, 0.6) is 17.2 Å². The molecule has 0 heterocycles. The summed E-state index contributed by atoms with van der Waals surface area (Å²) in [6.07, 6.45) is 7.39. The van der Waals surface area contributed by atoms with Crippen molar-refractivity contribution in [1.82, 2.24) is 0 Å². The van der Waals surface area contributed by atoms with Crippen LogP contribution in [0.1, 0.15) is 116 Å². The van der Waals surface area contributed by atoms with Gasteiger partial charge in [-0.2, -0.15) is 0 Å². The van der Waals surface area contributed by atoms with E-state index in [1.807, 2.05) is 0 Å². The Morgan fingerprint density at radius 3 is 1.58 bits per heavy atom. The smallest absolute Gasteiger partial charge is 0.338 e. The van der Waals surface area contributed by atoms with Crippen LogP contribution in [0.4, 0.5) is 0 Å². The van der Waals surface area contributed by atoms with Gasteiger partial charge in [-0.1, -0.05) is 64.5 Å². The summed E-state index contributed by atoms with van der Waals surface area (Å²) in [5.74, 6) is -3.33. The van der Waals surface area contributed by atoms with E-state index >= 15 is 0 Å². The highest BCUT2D eigenvalue weighted by molar-refractivity contribution is 5.92. The number of rotatable bonds is 26. The third-order valence-corrected chi connectivity index (χ3v) is 10.9. The first-order chi connectivity index (χ1) is 30.9. The number of hydrogen-bond donors (Lipinski definition) is 0. The van der Waals surface area contributed by atoms with E-state index in [4.69, 9.17) is 28.4 Å². The van der Waals surface area contributed by atoms with Gasteiger partial charge >= 0.3 is 41.8 Å². The van der Waals surface area contributed by atoms with Crippen LogP contribution in [-0.2, 0) is 57.2 Å². The van der Waals surface area contributed by atoms with Gasteiger partial charge in [-0.3, -0.25) is 19.2 Å². The molecule has 0 saturated heterocycles. The van der Waals surface area contributed by atoms with E-state index in [2.05, 4.69) is 36.1 Å². The quantitative estimate of drug-likeness (QED) is 0.0286. The molecule has 65 heavy (non-hydrogen) atoms. The number of methoxy groups -OCH3 is 2. The first-order valence-corrected chi connectivity index (χ1v) is 21.8. The highest BCUT2D eigenvalue weighted by Crippen LogP contribution is 2.46. The number of ether oxygens (including phenoxy) is 8. The molecular formula is C50H64O15. The Labute approximate surface area is 381 Å². The van der Waals surface area contributed by atoms with E-state index < -0.39 is 67.0 Å². The van der Waals surface area contributed by atoms with Gasteiger partial charge in [0.25, 0.3) is 0 Å². The van der Waals surface area contributed by atoms with Gasteiger partial charge in [0, 0.05) is 27.8 Å². The first kappa shape index (κ1) is 53.1. The molecule has 0 amide bonds. The molecule has 1 fully saturated rings. The van der Waals surface area contributed by atoms with Gasteiger partial charge in [-0.15, -0.1) is 0 Å². The number of hydrogen-bond acceptors (Lipinski definition) is 15. The molecule has 354 valence electrons. The molecule has 0 unspecified atom stereocenters. The lowest BCUT2D eigenvalue weighted by Gasteiger charge is -2.32. The third-order valence-electron chi connectivity index (χ3n) is 10.9. The Hall–Kier alpha value is -6.25. The molecule has 3 rings (SSSR count). The molecule has 2 aromatic carbocycles. The molecular weight excluding hydrogens is 841 g/mol. The lowest BCUT2D eigenvalue weighted by atomic mass is 9.76. The molecule has 1 aliphatic rings. The summed E-state index contributed by atoms with van der Waals surface area (Å²) >= 11 is 0. The van der Waals surface area contributed by atoms with E-state index in [1.165, 1.54) is 40.4 Å². The van der Waals surface area contributed by atoms with Gasteiger partial charge in [0.1, 0.15) is 49.1 Å². The number of esters is 7. The van der Waals surface area contributed by atoms with Crippen molar-refractivity contribution in [3.8, 4) is 28.4 Å². The summed E-state index contributed by atoms with van der Waals surface area (Å²) < 4.78 is 43.8. The molecule has 0 radical (unpaired) electrons. The topological polar surface area (TPSA) is 193 Å². The highest BCUT2D eigenvalue weighted by atomic mass is 16.6. The lowest BCUT2D eigenvalue weighted by molar-refractivity contribution is -0.165. The lowest BCUT2D eigenvalue weighted by Crippen LogP contribution is -2.44. The van der Waals surface area contributed by atoms with Crippen molar-refractivity contribution in [2.45, 2.75) is 111 Å². The molecule has 2 aromatic rings. The van der Waals surface area contributed by atoms with Gasteiger partial charge in [0.15, 0.2) is 0 Å². The van der Waals surface area contributed by atoms with Gasteiger partial charge in [-0.05, 0) is 88.1 Å². The minimum Gasteiger partial charge on any atom is -0.493 e. The largest absolute Gasteiger partial charge is 0.493 e. The summed E-state index contributed by atoms with van der Waals surface area (Å²) in [6, 6.07) is 10.1. The van der Waals surface area contributed by atoms with Crippen molar-refractivity contribution in [2.24, 2.45) is 11.3 Å². The number of unbranched alkanes of at least 4 members (excludes halogenated alkanes) is 2. The van der Waals surface area contributed by atoms with Crippen molar-refractivity contribution in [3.05, 3.63) is 78.4 Å². The minimum absolute atomic E-state index is 0.0478. The molecule has 1 saturated carbocycles. The van der Waals surface area contributed by atoms with Crippen LogP contribution in [0.15, 0.2) is 72.9 Å². The van der Waals surface area contributed by atoms with Crippen LogP contribution in [0.25, 0.3) is 11.1 Å². The van der Waals surface area contributed by atoms with Crippen molar-refractivity contribution in [1.29, 1.82) is 0 Å². The zero-order chi connectivity index (χ0) is 48.1. The zero-order valence-electron chi connectivity index (χ0n) is 38.7. The fraction of sp³-hybridized carbons (Fsp3) is 0.500. The summed E-state index contributed by atoms with van der Waals surface area (Å²) in [5, 5.41) is 0. The first-order valence-electron chi connectivity index (χ1n) is 21.8. The van der Waals surface area contributed by atoms with Crippen molar-refractivity contribution < 1.29 is 71.5 Å². The van der Waals surface area contributed by atoms with Crippen molar-refractivity contribution in [3.63, 3.8) is 0 Å². The van der Waals surface area contributed by atoms with E-state index in [0.717, 1.165) is 37.7 Å². The molecule has 0 spiro atoms. The highest BCUT2D eigenvalue weighted by Gasteiger charge is 2.38. The Kier molecular flexibility index (Phi) is 21.7. The van der Waals surface area contributed by atoms with Gasteiger partial charge in [0.05, 0.1) is 39.9 Å². The Balaban J connectivity index is 2.02. The van der Waals surface area contributed by atoms with Crippen LogP contribution in [0, 0.1) is 11.3 Å². The zero-order valence-corrected chi connectivity index (χ0v) is 38.7. The summed E-state index contributed by atoms with van der Waals surface area (Å²) in [7, 11) is 2.36. The normalized spacial score (nSPS) is 14.5. The number of carbonyl (C=O) groups excluding carboxylic acids is 7. The molecule has 15 nitrogen and oxygen atoms in total. The Bertz CT molecular complexity index is 2000. The summed E-state index contributed by atoms with van der Waals surface area (Å²) in [6.45, 7) is 16.1. The number of benzene rings is 2. The fourth-order valence-corrected chi connectivity index (χ4v) is 6.90. The summed E-state index contributed by atoms with van der Waals surface area (Å²) in [4.78, 5) is 87.5. The molecule has 0 bridgehead atoms. The van der Waals surface area contributed by atoms with Crippen LogP contribution in [-0.4, -0.2) is 82.4 Å². The summed E-state index contributed by atoms with van der Waals surface area (Å²) in [5.41, 5.74) is 0.710. The Morgan fingerprint density at radius 2 is 1.09 bits per heavy atom. The predicted molar refractivity (Wildman–Crippen MR) is 240 cm³/mol. The average Bonchev–Trinajstić information content (AvgIpc) is 3.29. The predicted octanol–water partition coefficient (Wildman–Crippen LogP) is 8.65. The second-order valence-corrected chi connectivity index (χ2v) is 16.6. The average molecular weight is 905 g/mol. The second kappa shape index (κ2) is 26.5. The molecule has 15 heteroatoms. The second-order valence-electron chi connectivity index (χ2n) is 16.6. The van der Waals surface area contributed by atoms with E-state index in [1.54, 1.807) is 50.2 Å². The van der Waals surface area contributed by atoms with Crippen molar-refractivity contribution >= 4 is 41.8 Å². The van der Waals surface area contributed by atoms with E-state index in [-0.39, 0.29) is 66.4 Å². The van der Waals surface area contributed by atoms with Gasteiger partial charge in [0.2, 0.25) is 0 Å². The maximum Gasteiger partial charge on any atom is 0.338 e. The maximum absolute atomic E-state index is 13.0. The minimum atomic E-state index is -1.51. The van der Waals surface area contributed by atoms with Gasteiger partial charge < -0.3 is 37.9 Å². The van der Waals surface area contributed by atoms with E-state index in [0.29, 0.717) is 22.8 Å². The van der Waals surface area contributed by atoms with E-state index in [9.17, 15) is 33.6 Å². The van der Waals surface area contributed by atoms with Crippen molar-refractivity contribution in [2.75, 3.05) is 40.6 Å². The van der Waals surface area contributed by atoms with Crippen LogP contribution >= 0.6 is 0 Å². The number of carbonyl (C=O) groups is 7. The van der Waals surface area contributed by atoms with Crippen LogP contribution in [0.3, 0.4) is 0 Å². The molecule has 0 aliphatic heterocycles. The van der Waals surface area contributed by atoms with Crippen LogP contribution < -0.4 is 14.2 Å². The molecule has 0 atom stereocenters. The standard InChI is InChI=1S/C50H64O15/c1-10-11-12-13-35-14-16-36(17-15-35)39-26-42(65-49(57)34(6)7)40(27-41(39)64-48(56)33(4)5)37-18-20-38(21-19-37)60-28-50(31-63-47(55)32(2)3,29-61-45(53)24-22-43(51)58-8)30-62-46(54)25-23-44(52)59-9/h18-21,26-27,35-36H,2,4,6,10-17,22-25,28-31H2,1,3,5,7-9H3.